The molecular weight excluding hydrogens is 420 g/mol. The lowest BCUT2D eigenvalue weighted by molar-refractivity contribution is -0.0575. The van der Waals surface area contributed by atoms with E-state index in [2.05, 4.69) is 25.4 Å². The number of rotatable bonds is 10. The largest absolute Gasteiger partial charge is 0.478 e. The summed E-state index contributed by atoms with van der Waals surface area (Å²) in [6.07, 6.45) is 3.78. The molecule has 1 fully saturated rings. The Morgan fingerprint density at radius 3 is 2.70 bits per heavy atom. The van der Waals surface area contributed by atoms with Crippen LogP contribution in [-0.2, 0) is 4.74 Å². The number of hydrogen-bond acceptors (Lipinski definition) is 8. The zero-order chi connectivity index (χ0) is 23.4. The number of benzene rings is 1. The zero-order valence-corrected chi connectivity index (χ0v) is 19.2. The van der Waals surface area contributed by atoms with E-state index < -0.39 is 5.91 Å². The van der Waals surface area contributed by atoms with Crippen molar-refractivity contribution in [3.05, 3.63) is 42.2 Å². The fraction of sp³-hybridized carbons (Fsp3) is 0.417. The minimum atomic E-state index is -0.628. The molecule has 9 nitrogen and oxygen atoms in total. The third-order valence-electron chi connectivity index (χ3n) is 5.73. The Kier molecular flexibility index (Phi) is 7.00. The summed E-state index contributed by atoms with van der Waals surface area (Å²) < 4.78 is 11.3. The molecule has 1 aliphatic rings. The van der Waals surface area contributed by atoms with Gasteiger partial charge in [-0.25, -0.2) is 4.98 Å². The van der Waals surface area contributed by atoms with Gasteiger partial charge in [-0.05, 0) is 57.6 Å². The molecule has 33 heavy (non-hydrogen) atoms. The maximum atomic E-state index is 12.1. The van der Waals surface area contributed by atoms with E-state index in [1.807, 2.05) is 51.4 Å². The number of nitrogens with one attached hydrogen (secondary N) is 1. The molecule has 3 heterocycles. The van der Waals surface area contributed by atoms with Crippen molar-refractivity contribution in [2.24, 2.45) is 5.73 Å². The van der Waals surface area contributed by atoms with E-state index in [0.29, 0.717) is 23.7 Å². The van der Waals surface area contributed by atoms with Crippen molar-refractivity contribution in [2.45, 2.75) is 31.9 Å². The van der Waals surface area contributed by atoms with Gasteiger partial charge >= 0.3 is 0 Å². The number of anilines is 1. The molecule has 2 atom stereocenters. The van der Waals surface area contributed by atoms with Crippen LogP contribution in [-0.4, -0.2) is 72.0 Å². The Morgan fingerprint density at radius 2 is 2.06 bits per heavy atom. The number of hydrogen-bond donors (Lipinski definition) is 2. The smallest absolute Gasteiger partial charge is 0.271 e. The summed E-state index contributed by atoms with van der Waals surface area (Å²) in [5, 5.41) is 12.4. The third-order valence-corrected chi connectivity index (χ3v) is 5.73. The van der Waals surface area contributed by atoms with E-state index >= 15 is 0 Å². The summed E-state index contributed by atoms with van der Waals surface area (Å²) in [4.78, 5) is 18.6. The predicted molar refractivity (Wildman–Crippen MR) is 127 cm³/mol. The quantitative estimate of drug-likeness (QED) is 0.453. The number of nitrogens with zero attached hydrogens (tertiary/aromatic N) is 4. The number of pyridine rings is 1. The highest BCUT2D eigenvalue weighted by molar-refractivity contribution is 6.05. The number of nitrogens with two attached hydrogens (primary N) is 1. The number of carbonyl (C=O) groups excluding carboxylic acids is 1. The molecule has 1 aliphatic heterocycles. The van der Waals surface area contributed by atoms with Gasteiger partial charge in [0.05, 0.1) is 23.9 Å². The Bertz CT molecular complexity index is 1120. The first-order valence-corrected chi connectivity index (χ1v) is 11.1. The molecular formula is C24H30N6O3. The minimum Gasteiger partial charge on any atom is -0.478 e. The SMILES string of the molecule is C[C@H](Nc1c(C(N)=O)nnc2ccc(-c3ccc(OCCCN(C)C)nc3)cc12)C1CCO1. The maximum Gasteiger partial charge on any atom is 0.271 e. The van der Waals surface area contributed by atoms with Crippen LogP contribution in [0.2, 0.25) is 0 Å². The van der Waals surface area contributed by atoms with Crippen LogP contribution in [0.5, 0.6) is 5.88 Å². The van der Waals surface area contributed by atoms with Crippen LogP contribution < -0.4 is 15.8 Å². The molecule has 9 heteroatoms. The number of aromatic nitrogens is 3. The lowest BCUT2D eigenvalue weighted by Crippen LogP contribution is -2.41. The van der Waals surface area contributed by atoms with Crippen LogP contribution in [0, 0.1) is 0 Å². The Morgan fingerprint density at radius 1 is 1.27 bits per heavy atom. The number of primary amides is 1. The average molecular weight is 451 g/mol. The Labute approximate surface area is 193 Å². The monoisotopic (exact) mass is 450 g/mol. The first kappa shape index (κ1) is 22.9. The normalized spacial score (nSPS) is 16.4. The molecule has 1 saturated heterocycles. The van der Waals surface area contributed by atoms with E-state index in [0.717, 1.165) is 42.5 Å². The maximum absolute atomic E-state index is 12.1. The Balaban J connectivity index is 1.59. The van der Waals surface area contributed by atoms with Gasteiger partial charge in [-0.2, -0.15) is 0 Å². The molecule has 0 spiro atoms. The van der Waals surface area contributed by atoms with Gasteiger partial charge in [0, 0.05) is 42.4 Å². The highest BCUT2D eigenvalue weighted by Gasteiger charge is 2.27. The molecule has 2 aromatic heterocycles. The van der Waals surface area contributed by atoms with Crippen molar-refractivity contribution >= 4 is 22.5 Å². The molecule has 0 saturated carbocycles. The lowest BCUT2D eigenvalue weighted by Gasteiger charge is -2.33. The lowest BCUT2D eigenvalue weighted by atomic mass is 10.0. The topological polar surface area (TPSA) is 115 Å². The summed E-state index contributed by atoms with van der Waals surface area (Å²) in [7, 11) is 4.08. The van der Waals surface area contributed by atoms with Crippen LogP contribution in [0.4, 0.5) is 5.69 Å². The van der Waals surface area contributed by atoms with Crippen molar-refractivity contribution in [2.75, 3.05) is 39.2 Å². The van der Waals surface area contributed by atoms with Gasteiger partial charge in [0.25, 0.3) is 5.91 Å². The van der Waals surface area contributed by atoms with Crippen molar-refractivity contribution in [3.8, 4) is 17.0 Å². The molecule has 0 bridgehead atoms. The molecule has 4 rings (SSSR count). The van der Waals surface area contributed by atoms with Gasteiger partial charge in [-0.15, -0.1) is 10.2 Å². The van der Waals surface area contributed by atoms with Crippen LogP contribution in [0.15, 0.2) is 36.5 Å². The molecule has 1 unspecified atom stereocenters. The van der Waals surface area contributed by atoms with Gasteiger partial charge in [0.2, 0.25) is 5.88 Å². The van der Waals surface area contributed by atoms with Crippen molar-refractivity contribution in [1.82, 2.24) is 20.1 Å². The van der Waals surface area contributed by atoms with Crippen LogP contribution in [0.25, 0.3) is 22.0 Å². The average Bonchev–Trinajstić information content (AvgIpc) is 2.75. The highest BCUT2D eigenvalue weighted by atomic mass is 16.5. The minimum absolute atomic E-state index is 0.00139. The number of ether oxygens (including phenoxy) is 2. The fourth-order valence-electron chi connectivity index (χ4n) is 3.77. The summed E-state index contributed by atoms with van der Waals surface area (Å²) in [5.74, 6) is -0.0340. The zero-order valence-electron chi connectivity index (χ0n) is 19.2. The number of fused-ring (bicyclic) bond motifs is 1. The highest BCUT2D eigenvalue weighted by Crippen LogP contribution is 2.31. The second kappa shape index (κ2) is 10.1. The Hall–Kier alpha value is -3.30. The third kappa shape index (κ3) is 5.37. The fourth-order valence-corrected chi connectivity index (χ4v) is 3.77. The molecule has 1 amide bonds. The van der Waals surface area contributed by atoms with Crippen LogP contribution in [0.1, 0.15) is 30.3 Å². The standard InChI is InChI=1S/C24H30N6O3/c1-15(20-9-12-32-20)27-22-18-13-16(5-7-19(18)28-29-23(22)24(25)31)17-6-8-21(26-14-17)33-11-4-10-30(2)3/h5-8,13-15,20H,4,9-12H2,1-3H3,(H2,25,31)(H,27,28)/t15-,20?/m0/s1. The summed E-state index contributed by atoms with van der Waals surface area (Å²) in [5.41, 5.74) is 8.82. The first-order valence-electron chi connectivity index (χ1n) is 11.1. The second-order valence-electron chi connectivity index (χ2n) is 8.54. The van der Waals surface area contributed by atoms with Crippen molar-refractivity contribution < 1.29 is 14.3 Å². The number of carbonyl (C=O) groups is 1. The van der Waals surface area contributed by atoms with Gasteiger partial charge < -0.3 is 25.4 Å². The van der Waals surface area contributed by atoms with E-state index in [1.165, 1.54) is 0 Å². The molecule has 3 aromatic rings. The molecule has 3 N–H and O–H groups in total. The summed E-state index contributed by atoms with van der Waals surface area (Å²) in [6, 6.07) is 9.64. The van der Waals surface area contributed by atoms with Crippen LogP contribution in [0.3, 0.4) is 0 Å². The van der Waals surface area contributed by atoms with Crippen molar-refractivity contribution in [1.29, 1.82) is 0 Å². The van der Waals surface area contributed by atoms with Gasteiger partial charge in [0.1, 0.15) is 0 Å². The van der Waals surface area contributed by atoms with E-state index in [9.17, 15) is 4.79 Å². The van der Waals surface area contributed by atoms with E-state index in [-0.39, 0.29) is 17.8 Å². The van der Waals surface area contributed by atoms with Crippen LogP contribution >= 0.6 is 0 Å². The number of amides is 1. The molecule has 1 aromatic carbocycles. The van der Waals surface area contributed by atoms with Gasteiger partial charge in [0.15, 0.2) is 5.69 Å². The van der Waals surface area contributed by atoms with E-state index in [4.69, 9.17) is 15.2 Å². The van der Waals surface area contributed by atoms with Gasteiger partial charge in [-0.1, -0.05) is 6.07 Å². The predicted octanol–water partition coefficient (Wildman–Crippen LogP) is 2.71. The van der Waals surface area contributed by atoms with E-state index in [1.54, 1.807) is 6.20 Å². The second-order valence-corrected chi connectivity index (χ2v) is 8.54. The molecule has 174 valence electrons. The van der Waals surface area contributed by atoms with Crippen molar-refractivity contribution in [3.63, 3.8) is 0 Å². The van der Waals surface area contributed by atoms with Gasteiger partial charge in [-0.3, -0.25) is 4.79 Å². The molecule has 0 radical (unpaired) electrons. The first-order chi connectivity index (χ1) is 15.9. The summed E-state index contributed by atoms with van der Waals surface area (Å²) >= 11 is 0. The molecule has 0 aliphatic carbocycles. The summed E-state index contributed by atoms with van der Waals surface area (Å²) in [6.45, 7) is 4.35.